The number of aromatic carboxylic acids is 1. The second-order valence-electron chi connectivity index (χ2n) is 6.56. The van der Waals surface area contributed by atoms with Crippen molar-refractivity contribution >= 4 is 5.97 Å². The maximum absolute atomic E-state index is 11.6. The quantitative estimate of drug-likeness (QED) is 0.685. The topological polar surface area (TPSA) is 60.4 Å². The predicted molar refractivity (Wildman–Crippen MR) is 100 cm³/mol. The number of aromatic hydroxyl groups is 1. The third kappa shape index (κ3) is 4.62. The first-order chi connectivity index (χ1) is 12.5. The second-order valence-corrected chi connectivity index (χ2v) is 6.56. The van der Waals surface area contributed by atoms with Crippen molar-refractivity contribution in [1.82, 2.24) is 0 Å². The molecule has 27 heavy (non-hydrogen) atoms. The van der Waals surface area contributed by atoms with Crippen LogP contribution in [-0.4, -0.2) is 11.1 Å². The molecule has 3 rings (SSSR count). The van der Waals surface area contributed by atoms with Gasteiger partial charge in [0.1, 0.15) is 5.75 Å². The Balaban J connectivity index is 0.00000261. The van der Waals surface area contributed by atoms with Crippen LogP contribution in [0.1, 0.15) is 58.3 Å². The zero-order valence-electron chi connectivity index (χ0n) is 15.8. The summed E-state index contributed by atoms with van der Waals surface area (Å²) in [6, 6.07) is 23.0. The molecule has 3 aromatic carbocycles. The smallest absolute Gasteiger partial charge is 0.545 e. The van der Waals surface area contributed by atoms with E-state index in [0.717, 1.165) is 16.7 Å². The maximum Gasteiger partial charge on any atom is 1.00 e. The van der Waals surface area contributed by atoms with E-state index in [0.29, 0.717) is 5.56 Å². The number of benzene rings is 3. The van der Waals surface area contributed by atoms with Crippen LogP contribution in [0.2, 0.25) is 0 Å². The fraction of sp³-hybridized carbons (Fsp3) is 0.174. The summed E-state index contributed by atoms with van der Waals surface area (Å²) in [5.74, 6) is -1.73. The number of carboxylic acid groups (broad SMARTS) is 1. The van der Waals surface area contributed by atoms with E-state index in [2.05, 4.69) is 0 Å². The molecule has 0 aliphatic carbocycles. The van der Waals surface area contributed by atoms with Gasteiger partial charge in [-0.2, -0.15) is 0 Å². The predicted octanol–water partition coefficient (Wildman–Crippen LogP) is 1.06. The van der Waals surface area contributed by atoms with Gasteiger partial charge in [-0.05, 0) is 22.8 Å². The molecular weight excluding hydrogens is 347 g/mol. The molecule has 0 aromatic heterocycles. The van der Waals surface area contributed by atoms with Gasteiger partial charge in [-0.1, -0.05) is 80.6 Å². The molecule has 3 nitrogen and oxygen atoms in total. The van der Waals surface area contributed by atoms with E-state index in [1.165, 1.54) is 6.07 Å². The van der Waals surface area contributed by atoms with E-state index in [1.807, 2.05) is 80.6 Å². The summed E-state index contributed by atoms with van der Waals surface area (Å²) in [4.78, 5) is 11.6. The minimum Gasteiger partial charge on any atom is -0.545 e. The van der Waals surface area contributed by atoms with Gasteiger partial charge in [0.05, 0.1) is 5.97 Å². The Morgan fingerprint density at radius 2 is 1.30 bits per heavy atom. The van der Waals surface area contributed by atoms with E-state index in [-0.39, 0.29) is 52.7 Å². The number of carbonyl (C=O) groups is 1. The maximum atomic E-state index is 11.6. The first-order valence-corrected chi connectivity index (χ1v) is 8.67. The van der Waals surface area contributed by atoms with Crippen molar-refractivity contribution in [3.63, 3.8) is 0 Å². The van der Waals surface area contributed by atoms with Crippen LogP contribution >= 0.6 is 0 Å². The number of phenols is 1. The molecular formula is C23H21NaO3. The fourth-order valence-corrected chi connectivity index (χ4v) is 3.27. The Kier molecular flexibility index (Phi) is 7.25. The van der Waals surface area contributed by atoms with E-state index < -0.39 is 5.97 Å². The summed E-state index contributed by atoms with van der Waals surface area (Å²) in [6.45, 7) is 3.98. The number of carboxylic acids is 1. The molecule has 0 heterocycles. The summed E-state index contributed by atoms with van der Waals surface area (Å²) >= 11 is 0. The van der Waals surface area contributed by atoms with Gasteiger partial charge in [-0.15, -0.1) is 0 Å². The minimum absolute atomic E-state index is 0. The van der Waals surface area contributed by atoms with Gasteiger partial charge in [-0.25, -0.2) is 0 Å². The van der Waals surface area contributed by atoms with Crippen LogP contribution < -0.4 is 34.7 Å². The summed E-state index contributed by atoms with van der Waals surface area (Å²) < 4.78 is 0. The van der Waals surface area contributed by atoms with E-state index in [4.69, 9.17) is 0 Å². The fourth-order valence-electron chi connectivity index (χ4n) is 3.27. The monoisotopic (exact) mass is 368 g/mol. The summed E-state index contributed by atoms with van der Waals surface area (Å²) in [6.07, 6.45) is 0. The van der Waals surface area contributed by atoms with Crippen molar-refractivity contribution < 1.29 is 44.6 Å². The first kappa shape index (κ1) is 21.2. The van der Waals surface area contributed by atoms with Gasteiger partial charge >= 0.3 is 29.6 Å². The average Bonchev–Trinajstić information content (AvgIpc) is 2.68. The SMILES string of the molecule is CC(c1ccccc1)c1cc(C(=O)[O-])c(O)c(C(C)c2ccccc2)c1.[Na+]. The molecule has 0 aliphatic rings. The van der Waals surface area contributed by atoms with Crippen LogP contribution in [0.25, 0.3) is 0 Å². The largest absolute Gasteiger partial charge is 1.00 e. The molecule has 2 unspecified atom stereocenters. The molecule has 0 saturated heterocycles. The van der Waals surface area contributed by atoms with Crippen LogP contribution in [0.15, 0.2) is 72.8 Å². The van der Waals surface area contributed by atoms with Crippen molar-refractivity contribution in [1.29, 1.82) is 0 Å². The van der Waals surface area contributed by atoms with E-state index >= 15 is 0 Å². The van der Waals surface area contributed by atoms with Gasteiger partial charge in [0.2, 0.25) is 0 Å². The molecule has 0 radical (unpaired) electrons. The zero-order chi connectivity index (χ0) is 18.7. The van der Waals surface area contributed by atoms with Gasteiger partial charge in [0, 0.05) is 23.0 Å². The van der Waals surface area contributed by atoms with Crippen LogP contribution in [0.5, 0.6) is 5.75 Å². The van der Waals surface area contributed by atoms with Gasteiger partial charge in [-0.3, -0.25) is 0 Å². The summed E-state index contributed by atoms with van der Waals surface area (Å²) in [7, 11) is 0. The zero-order valence-corrected chi connectivity index (χ0v) is 17.8. The molecule has 0 fully saturated rings. The standard InChI is InChI=1S/C23H22O3.Na/c1-15(17-9-5-3-6-10-17)19-13-20(22(24)21(14-19)23(25)26)16(2)18-11-7-4-8-12-18;/h3-16,24H,1-2H3,(H,25,26);/q;+1/p-1. The van der Waals surface area contributed by atoms with Crippen molar-refractivity contribution in [3.8, 4) is 5.75 Å². The van der Waals surface area contributed by atoms with Crippen LogP contribution in [0.4, 0.5) is 0 Å². The van der Waals surface area contributed by atoms with E-state index in [1.54, 1.807) is 0 Å². The molecule has 0 spiro atoms. The number of hydrogen-bond acceptors (Lipinski definition) is 3. The summed E-state index contributed by atoms with van der Waals surface area (Å²) in [5, 5.41) is 22.1. The molecule has 132 valence electrons. The van der Waals surface area contributed by atoms with Gasteiger partial charge < -0.3 is 15.0 Å². The molecule has 0 amide bonds. The third-order valence-electron chi connectivity index (χ3n) is 4.95. The number of hydrogen-bond donors (Lipinski definition) is 1. The molecule has 4 heteroatoms. The van der Waals surface area contributed by atoms with Gasteiger partial charge in [0.25, 0.3) is 0 Å². The Morgan fingerprint density at radius 1 is 0.815 bits per heavy atom. The normalized spacial score (nSPS) is 12.7. The molecule has 2 atom stereocenters. The number of rotatable bonds is 5. The Labute approximate surface area is 182 Å². The van der Waals surface area contributed by atoms with Crippen molar-refractivity contribution in [2.75, 3.05) is 0 Å². The Hall–Kier alpha value is -2.07. The van der Waals surface area contributed by atoms with Crippen LogP contribution in [0, 0.1) is 0 Å². The minimum atomic E-state index is -1.37. The summed E-state index contributed by atoms with van der Waals surface area (Å²) in [5.41, 5.74) is 3.36. The van der Waals surface area contributed by atoms with Crippen molar-refractivity contribution in [3.05, 3.63) is 101 Å². The third-order valence-corrected chi connectivity index (χ3v) is 4.95. The molecule has 0 bridgehead atoms. The molecule has 3 aromatic rings. The van der Waals surface area contributed by atoms with Crippen LogP contribution in [0.3, 0.4) is 0 Å². The molecule has 1 N–H and O–H groups in total. The first-order valence-electron chi connectivity index (χ1n) is 8.67. The van der Waals surface area contributed by atoms with E-state index in [9.17, 15) is 15.0 Å². The molecule has 0 aliphatic heterocycles. The Morgan fingerprint density at radius 3 is 1.78 bits per heavy atom. The number of carbonyl (C=O) groups excluding carboxylic acids is 1. The van der Waals surface area contributed by atoms with Crippen molar-refractivity contribution in [2.24, 2.45) is 0 Å². The van der Waals surface area contributed by atoms with Crippen LogP contribution in [-0.2, 0) is 0 Å². The van der Waals surface area contributed by atoms with Crippen molar-refractivity contribution in [2.45, 2.75) is 25.7 Å². The van der Waals surface area contributed by atoms with Gasteiger partial charge in [0.15, 0.2) is 0 Å². The second kappa shape index (κ2) is 9.23. The molecule has 0 saturated carbocycles. The average molecular weight is 368 g/mol. The Bertz CT molecular complexity index is 908.